The highest BCUT2D eigenvalue weighted by Gasteiger charge is 2.31. The van der Waals surface area contributed by atoms with Crippen molar-refractivity contribution in [1.29, 1.82) is 0 Å². The van der Waals surface area contributed by atoms with Crippen LogP contribution in [-0.2, 0) is 11.3 Å². The molecule has 12 heteroatoms. The highest BCUT2D eigenvalue weighted by Crippen LogP contribution is 2.26. The van der Waals surface area contributed by atoms with Crippen molar-refractivity contribution in [2.24, 2.45) is 0 Å². The van der Waals surface area contributed by atoms with Crippen molar-refractivity contribution >= 4 is 46.2 Å². The third-order valence-electron chi connectivity index (χ3n) is 6.04. The number of fused-ring (bicyclic) bond motifs is 1. The van der Waals surface area contributed by atoms with E-state index in [4.69, 9.17) is 16.3 Å². The third kappa shape index (κ3) is 6.60. The van der Waals surface area contributed by atoms with Crippen LogP contribution >= 0.6 is 11.6 Å². The normalized spacial score (nSPS) is 11.5. The third-order valence-corrected chi connectivity index (χ3v) is 6.35. The van der Waals surface area contributed by atoms with Crippen molar-refractivity contribution in [3.8, 4) is 11.5 Å². The van der Waals surface area contributed by atoms with Crippen LogP contribution in [0.2, 0.25) is 5.02 Å². The number of phenolic OH excluding ortho intramolecular Hbond substituents is 1. The van der Waals surface area contributed by atoms with E-state index in [2.05, 4.69) is 15.7 Å². The number of rotatable bonds is 9. The van der Waals surface area contributed by atoms with E-state index in [0.717, 1.165) is 0 Å². The Labute approximate surface area is 239 Å². The number of carbonyl (C=O) groups is 4. The summed E-state index contributed by atoms with van der Waals surface area (Å²) in [7, 11) is 1.42. The van der Waals surface area contributed by atoms with Crippen LogP contribution in [0, 0.1) is 0 Å². The highest BCUT2D eigenvalue weighted by atomic mass is 35.5. The number of carbonyl (C=O) groups excluding carboxylic acids is 3. The number of hydrogen-bond acceptors (Lipinski definition) is 8. The summed E-state index contributed by atoms with van der Waals surface area (Å²) in [5.41, 5.74) is 3.28. The number of phenols is 1. The van der Waals surface area contributed by atoms with Gasteiger partial charge in [0, 0.05) is 23.6 Å². The van der Waals surface area contributed by atoms with Crippen LogP contribution in [-0.4, -0.2) is 57.0 Å². The number of pyridine rings is 1. The lowest BCUT2D eigenvalue weighted by atomic mass is 10.1. The molecule has 0 aliphatic carbocycles. The fourth-order valence-corrected chi connectivity index (χ4v) is 4.16. The largest absolute Gasteiger partial charge is 0.508 e. The van der Waals surface area contributed by atoms with Crippen LogP contribution in [0.1, 0.15) is 43.7 Å². The van der Waals surface area contributed by atoms with Gasteiger partial charge in [-0.25, -0.2) is 15.4 Å². The maximum Gasteiger partial charge on any atom is 0.322 e. The number of nitrogens with zero attached hydrogens (tertiary/aromatic N) is 2. The molecule has 210 valence electrons. The van der Waals surface area contributed by atoms with Crippen molar-refractivity contribution in [2.45, 2.75) is 19.5 Å². The first-order valence-corrected chi connectivity index (χ1v) is 12.6. The molecule has 1 aromatic heterocycles. The lowest BCUT2D eigenvalue weighted by molar-refractivity contribution is -0.139. The van der Waals surface area contributed by atoms with Crippen molar-refractivity contribution < 1.29 is 34.1 Å². The van der Waals surface area contributed by atoms with Gasteiger partial charge in [0.05, 0.1) is 23.2 Å². The number of aliphatic carboxylic acids is 1. The zero-order chi connectivity index (χ0) is 29.7. The van der Waals surface area contributed by atoms with Gasteiger partial charge >= 0.3 is 5.97 Å². The van der Waals surface area contributed by atoms with Gasteiger partial charge in [-0.05, 0) is 55.0 Å². The first kappa shape index (κ1) is 29.0. The number of aromatic hydroxyl groups is 1. The number of para-hydroxylation sites is 1. The minimum Gasteiger partial charge on any atom is -0.508 e. The van der Waals surface area contributed by atoms with Crippen LogP contribution in [0.15, 0.2) is 72.8 Å². The topological polar surface area (TPSA) is 158 Å². The maximum absolute atomic E-state index is 13.6. The zero-order valence-electron chi connectivity index (χ0n) is 21.9. The predicted octanol–water partition coefficient (Wildman–Crippen LogP) is 3.79. The second-order valence-electron chi connectivity index (χ2n) is 8.91. The summed E-state index contributed by atoms with van der Waals surface area (Å²) >= 11 is 6.37. The molecule has 0 spiro atoms. The molecule has 0 aliphatic heterocycles. The fraction of sp³-hybridized carbons (Fsp3) is 0.138. The van der Waals surface area contributed by atoms with Gasteiger partial charge in [0.1, 0.15) is 23.2 Å². The SMILES string of the molecule is COc1cc(C(=O)N(N[C@@H](C)C(=O)O)C(=O)c2ccc(C(=O)NCc3cccc(O)c3)cc2Cl)nc2ccccc12. The number of nitrogens with one attached hydrogen (secondary N) is 2. The number of benzene rings is 3. The van der Waals surface area contributed by atoms with E-state index in [9.17, 15) is 29.4 Å². The minimum atomic E-state index is -1.34. The van der Waals surface area contributed by atoms with E-state index in [-0.39, 0.29) is 34.1 Å². The molecule has 0 aliphatic rings. The lowest BCUT2D eigenvalue weighted by Crippen LogP contribution is -2.53. The Morgan fingerprint density at radius 3 is 2.44 bits per heavy atom. The number of methoxy groups -OCH3 is 1. The molecule has 0 unspecified atom stereocenters. The molecule has 0 radical (unpaired) electrons. The number of aromatic nitrogens is 1. The Kier molecular flexibility index (Phi) is 8.81. The standard InChI is InChI=1S/C29H25ClN4O7/c1-16(29(39)40)33-34(28(38)24-14-25(41-2)21-8-3-4-9-23(21)32-24)27(37)20-11-10-18(13-22(20)30)26(36)31-15-17-6-5-7-19(35)12-17/h3-14,16,33,35H,15H2,1-2H3,(H,31,36)(H,39,40)/t16-/m0/s1. The Hall–Kier alpha value is -5.00. The van der Waals surface area contributed by atoms with Crippen molar-refractivity contribution in [3.05, 3.63) is 100 Å². The van der Waals surface area contributed by atoms with E-state index in [0.29, 0.717) is 27.2 Å². The van der Waals surface area contributed by atoms with Gasteiger partial charge in [-0.2, -0.15) is 0 Å². The number of ether oxygens (including phenoxy) is 1. The molecule has 3 aromatic carbocycles. The maximum atomic E-state index is 13.6. The quantitative estimate of drug-likeness (QED) is 0.172. The predicted molar refractivity (Wildman–Crippen MR) is 150 cm³/mol. The van der Waals surface area contributed by atoms with Gasteiger partial charge < -0.3 is 20.3 Å². The average Bonchev–Trinajstić information content (AvgIpc) is 2.97. The Bertz CT molecular complexity index is 1660. The number of amides is 3. The lowest BCUT2D eigenvalue weighted by Gasteiger charge is -2.24. The Morgan fingerprint density at radius 1 is 1.00 bits per heavy atom. The van der Waals surface area contributed by atoms with E-state index in [1.807, 2.05) is 0 Å². The number of halogens is 1. The molecule has 1 heterocycles. The zero-order valence-corrected chi connectivity index (χ0v) is 22.7. The molecular weight excluding hydrogens is 552 g/mol. The smallest absolute Gasteiger partial charge is 0.322 e. The van der Waals surface area contributed by atoms with Crippen LogP contribution in [0.4, 0.5) is 0 Å². The molecule has 1 atom stereocenters. The van der Waals surface area contributed by atoms with Crippen molar-refractivity contribution in [3.63, 3.8) is 0 Å². The molecule has 3 amide bonds. The number of imide groups is 1. The molecule has 4 N–H and O–H groups in total. The van der Waals surface area contributed by atoms with E-state index in [1.165, 1.54) is 50.4 Å². The minimum absolute atomic E-state index is 0.0601. The molecular formula is C29H25ClN4O7. The summed E-state index contributed by atoms with van der Waals surface area (Å²) in [6, 6.07) is 17.2. The van der Waals surface area contributed by atoms with Crippen LogP contribution < -0.4 is 15.5 Å². The first-order valence-electron chi connectivity index (χ1n) is 12.3. The number of carboxylic acid groups (broad SMARTS) is 1. The van der Waals surface area contributed by atoms with E-state index < -0.39 is 29.7 Å². The molecule has 4 aromatic rings. The van der Waals surface area contributed by atoms with Crippen LogP contribution in [0.3, 0.4) is 0 Å². The van der Waals surface area contributed by atoms with Gasteiger partial charge in [-0.1, -0.05) is 35.9 Å². The van der Waals surface area contributed by atoms with Gasteiger partial charge in [-0.15, -0.1) is 0 Å². The molecule has 41 heavy (non-hydrogen) atoms. The molecule has 4 rings (SSSR count). The molecule has 0 saturated heterocycles. The van der Waals surface area contributed by atoms with Gasteiger partial charge in [0.15, 0.2) is 0 Å². The second kappa shape index (κ2) is 12.5. The summed E-state index contributed by atoms with van der Waals surface area (Å²) < 4.78 is 5.39. The van der Waals surface area contributed by atoms with Crippen molar-refractivity contribution in [1.82, 2.24) is 20.7 Å². The monoisotopic (exact) mass is 576 g/mol. The molecule has 0 bridgehead atoms. The van der Waals surface area contributed by atoms with Gasteiger partial charge in [-0.3, -0.25) is 19.2 Å². The fourth-order valence-electron chi connectivity index (χ4n) is 3.90. The van der Waals surface area contributed by atoms with Gasteiger partial charge in [0.2, 0.25) is 0 Å². The number of hydrogen-bond donors (Lipinski definition) is 4. The summed E-state index contributed by atoms with van der Waals surface area (Å²) in [5, 5.41) is 22.7. The molecule has 11 nitrogen and oxygen atoms in total. The van der Waals surface area contributed by atoms with Crippen molar-refractivity contribution in [2.75, 3.05) is 7.11 Å². The summed E-state index contributed by atoms with van der Waals surface area (Å²) in [5.74, 6) is -3.33. The summed E-state index contributed by atoms with van der Waals surface area (Å²) in [6.07, 6.45) is 0. The number of carboxylic acids is 1. The summed E-state index contributed by atoms with van der Waals surface area (Å²) in [4.78, 5) is 55.7. The highest BCUT2D eigenvalue weighted by molar-refractivity contribution is 6.34. The van der Waals surface area contributed by atoms with Crippen LogP contribution in [0.25, 0.3) is 10.9 Å². The Morgan fingerprint density at radius 2 is 1.76 bits per heavy atom. The second-order valence-corrected chi connectivity index (χ2v) is 9.32. The Balaban J connectivity index is 1.62. The first-order chi connectivity index (χ1) is 19.6. The van der Waals surface area contributed by atoms with Crippen LogP contribution in [0.5, 0.6) is 11.5 Å². The molecule has 0 saturated carbocycles. The van der Waals surface area contributed by atoms with Gasteiger partial charge in [0.25, 0.3) is 17.7 Å². The van der Waals surface area contributed by atoms with E-state index >= 15 is 0 Å². The van der Waals surface area contributed by atoms with E-state index in [1.54, 1.807) is 36.4 Å². The summed E-state index contributed by atoms with van der Waals surface area (Å²) in [6.45, 7) is 1.39. The molecule has 0 fully saturated rings. The average molecular weight is 577 g/mol. The number of hydrazine groups is 1.